The molecule has 0 heterocycles. The fourth-order valence-corrected chi connectivity index (χ4v) is 3.10. The average molecular weight is 377 g/mol. The zero-order chi connectivity index (χ0) is 19.7. The normalized spacial score (nSPS) is 20.2. The number of hydrogen-bond acceptors (Lipinski definition) is 3. The lowest BCUT2D eigenvalue weighted by Crippen LogP contribution is -2.27. The molecular weight excluding hydrogens is 354 g/mol. The maximum Gasteiger partial charge on any atom is 0.255 e. The molecule has 0 aromatic heterocycles. The third-order valence-corrected chi connectivity index (χ3v) is 5.19. The molecule has 6 nitrogen and oxygen atoms in total. The summed E-state index contributed by atoms with van der Waals surface area (Å²) >= 11 is 0. The predicted octanol–water partition coefficient (Wildman–Crippen LogP) is 3.43. The number of carbonyl (C=O) groups is 3. The fraction of sp³-hybridized carbons (Fsp3) is 0.318. The first-order chi connectivity index (χ1) is 13.5. The van der Waals surface area contributed by atoms with Gasteiger partial charge in [0.1, 0.15) is 0 Å². The Kier molecular flexibility index (Phi) is 4.86. The molecule has 28 heavy (non-hydrogen) atoms. The van der Waals surface area contributed by atoms with Crippen LogP contribution in [0.3, 0.4) is 0 Å². The van der Waals surface area contributed by atoms with Crippen molar-refractivity contribution in [1.82, 2.24) is 5.32 Å². The molecule has 2 fully saturated rings. The number of nitrogens with one attached hydrogen (secondary N) is 3. The first kappa shape index (κ1) is 18.2. The molecule has 2 aliphatic rings. The largest absolute Gasteiger partial charge is 0.349 e. The summed E-state index contributed by atoms with van der Waals surface area (Å²) in [6.45, 7) is 2.06. The van der Waals surface area contributed by atoms with Crippen LogP contribution in [0.25, 0.3) is 0 Å². The van der Waals surface area contributed by atoms with Gasteiger partial charge in [-0.1, -0.05) is 19.1 Å². The Hall–Kier alpha value is -3.15. The lowest BCUT2D eigenvalue weighted by atomic mass is 10.1. The molecule has 0 bridgehead atoms. The molecule has 6 heteroatoms. The van der Waals surface area contributed by atoms with Crippen LogP contribution in [0.5, 0.6) is 0 Å². The van der Waals surface area contributed by atoms with Crippen molar-refractivity contribution in [2.75, 3.05) is 10.6 Å². The lowest BCUT2D eigenvalue weighted by Gasteiger charge is -2.11. The van der Waals surface area contributed by atoms with E-state index in [0.29, 0.717) is 28.4 Å². The molecule has 3 N–H and O–H groups in total. The van der Waals surface area contributed by atoms with Gasteiger partial charge in [-0.05, 0) is 61.6 Å². The number of hydrogen-bond donors (Lipinski definition) is 3. The van der Waals surface area contributed by atoms with Crippen LogP contribution in [-0.4, -0.2) is 23.8 Å². The molecule has 0 radical (unpaired) electrons. The van der Waals surface area contributed by atoms with Crippen LogP contribution in [0.1, 0.15) is 46.9 Å². The van der Waals surface area contributed by atoms with E-state index in [-0.39, 0.29) is 29.7 Å². The smallest absolute Gasteiger partial charge is 0.255 e. The van der Waals surface area contributed by atoms with E-state index in [4.69, 9.17) is 0 Å². The molecule has 2 aromatic carbocycles. The van der Waals surface area contributed by atoms with E-state index in [1.807, 2.05) is 0 Å². The highest BCUT2D eigenvalue weighted by atomic mass is 16.2. The Morgan fingerprint density at radius 1 is 0.893 bits per heavy atom. The van der Waals surface area contributed by atoms with Crippen molar-refractivity contribution in [3.63, 3.8) is 0 Å². The van der Waals surface area contributed by atoms with E-state index in [1.165, 1.54) is 0 Å². The molecule has 2 aliphatic carbocycles. The minimum absolute atomic E-state index is 0.0281. The Labute approximate surface area is 163 Å². The molecule has 4 rings (SSSR count). The van der Waals surface area contributed by atoms with Gasteiger partial charge >= 0.3 is 0 Å². The van der Waals surface area contributed by atoms with Gasteiger partial charge in [-0.3, -0.25) is 14.4 Å². The van der Waals surface area contributed by atoms with Crippen LogP contribution in [0.15, 0.2) is 48.5 Å². The molecule has 0 aliphatic heterocycles. The topological polar surface area (TPSA) is 87.3 Å². The second kappa shape index (κ2) is 7.46. The number of para-hydroxylation sites is 1. The van der Waals surface area contributed by atoms with Gasteiger partial charge in [-0.2, -0.15) is 0 Å². The SMILES string of the molecule is CC1CC1C(=O)Nc1ccc(C(=O)Nc2ccccc2C(=O)NC2CC2)cc1. The highest BCUT2D eigenvalue weighted by Crippen LogP contribution is 2.38. The summed E-state index contributed by atoms with van der Waals surface area (Å²) in [4.78, 5) is 36.9. The zero-order valence-electron chi connectivity index (χ0n) is 15.7. The summed E-state index contributed by atoms with van der Waals surface area (Å²) in [5, 5.41) is 8.62. The quantitative estimate of drug-likeness (QED) is 0.721. The molecule has 0 spiro atoms. The van der Waals surface area contributed by atoms with Gasteiger partial charge in [-0.15, -0.1) is 0 Å². The van der Waals surface area contributed by atoms with E-state index in [1.54, 1.807) is 48.5 Å². The minimum atomic E-state index is -0.305. The average Bonchev–Trinajstić information content (AvgIpc) is 3.61. The maximum absolute atomic E-state index is 12.6. The number of amides is 3. The van der Waals surface area contributed by atoms with E-state index in [9.17, 15) is 14.4 Å². The van der Waals surface area contributed by atoms with Crippen molar-refractivity contribution in [2.24, 2.45) is 11.8 Å². The van der Waals surface area contributed by atoms with Gasteiger partial charge in [0, 0.05) is 23.2 Å². The lowest BCUT2D eigenvalue weighted by molar-refractivity contribution is -0.117. The van der Waals surface area contributed by atoms with Crippen molar-refractivity contribution in [3.05, 3.63) is 59.7 Å². The standard InChI is InChI=1S/C22H23N3O3/c1-13-12-18(13)22(28)24-15-8-6-14(7-9-15)20(26)25-19-5-3-2-4-17(19)21(27)23-16-10-11-16/h2-9,13,16,18H,10-12H2,1H3,(H,23,27)(H,24,28)(H,25,26). The monoisotopic (exact) mass is 377 g/mol. The van der Waals surface area contributed by atoms with Gasteiger partial charge in [0.15, 0.2) is 0 Å². The van der Waals surface area contributed by atoms with E-state index < -0.39 is 0 Å². The third kappa shape index (κ3) is 4.22. The third-order valence-electron chi connectivity index (χ3n) is 5.19. The highest BCUT2D eigenvalue weighted by molar-refractivity contribution is 6.09. The van der Waals surface area contributed by atoms with Crippen LogP contribution in [0.4, 0.5) is 11.4 Å². The van der Waals surface area contributed by atoms with Crippen LogP contribution < -0.4 is 16.0 Å². The maximum atomic E-state index is 12.6. The predicted molar refractivity (Wildman–Crippen MR) is 107 cm³/mol. The molecule has 144 valence electrons. The number of rotatable bonds is 6. The van der Waals surface area contributed by atoms with Crippen molar-refractivity contribution < 1.29 is 14.4 Å². The summed E-state index contributed by atoms with van der Waals surface area (Å²) in [7, 11) is 0. The van der Waals surface area contributed by atoms with E-state index in [0.717, 1.165) is 19.3 Å². The number of anilines is 2. The van der Waals surface area contributed by atoms with Gasteiger partial charge in [0.2, 0.25) is 5.91 Å². The van der Waals surface area contributed by atoms with Gasteiger partial charge < -0.3 is 16.0 Å². The summed E-state index contributed by atoms with van der Waals surface area (Å²) in [5.74, 6) is 0.0925. The minimum Gasteiger partial charge on any atom is -0.349 e. The number of benzene rings is 2. The summed E-state index contributed by atoms with van der Waals surface area (Å²) < 4.78 is 0. The van der Waals surface area contributed by atoms with Crippen LogP contribution >= 0.6 is 0 Å². The Bertz CT molecular complexity index is 919. The van der Waals surface area contributed by atoms with Crippen molar-refractivity contribution in [2.45, 2.75) is 32.2 Å². The van der Waals surface area contributed by atoms with E-state index >= 15 is 0 Å². The molecule has 2 saturated carbocycles. The first-order valence-corrected chi connectivity index (χ1v) is 9.63. The fourth-order valence-electron chi connectivity index (χ4n) is 3.10. The summed E-state index contributed by atoms with van der Waals surface area (Å²) in [6, 6.07) is 14.0. The van der Waals surface area contributed by atoms with Crippen LogP contribution in [0.2, 0.25) is 0 Å². The van der Waals surface area contributed by atoms with Crippen molar-refractivity contribution in [1.29, 1.82) is 0 Å². The highest BCUT2D eigenvalue weighted by Gasteiger charge is 2.39. The van der Waals surface area contributed by atoms with E-state index in [2.05, 4.69) is 22.9 Å². The molecule has 2 aromatic rings. The second-order valence-corrected chi connectivity index (χ2v) is 7.63. The Balaban J connectivity index is 1.41. The van der Waals surface area contributed by atoms with Crippen LogP contribution in [-0.2, 0) is 4.79 Å². The van der Waals surface area contributed by atoms with Crippen LogP contribution in [0, 0.1) is 11.8 Å². The van der Waals surface area contributed by atoms with Crippen molar-refractivity contribution in [3.8, 4) is 0 Å². The molecule has 2 atom stereocenters. The zero-order valence-corrected chi connectivity index (χ0v) is 15.7. The van der Waals surface area contributed by atoms with Gasteiger partial charge in [0.05, 0.1) is 11.3 Å². The molecule has 3 amide bonds. The molecular formula is C22H23N3O3. The van der Waals surface area contributed by atoms with Gasteiger partial charge in [0.25, 0.3) is 11.8 Å². The Morgan fingerprint density at radius 3 is 2.21 bits per heavy atom. The number of carbonyl (C=O) groups excluding carboxylic acids is 3. The molecule has 0 saturated heterocycles. The summed E-state index contributed by atoms with van der Waals surface area (Å²) in [5.41, 5.74) is 2.05. The summed E-state index contributed by atoms with van der Waals surface area (Å²) in [6.07, 6.45) is 2.94. The van der Waals surface area contributed by atoms with Crippen molar-refractivity contribution >= 4 is 29.1 Å². The van der Waals surface area contributed by atoms with Gasteiger partial charge in [-0.25, -0.2) is 0 Å². The molecule has 2 unspecified atom stereocenters. The second-order valence-electron chi connectivity index (χ2n) is 7.63. The Morgan fingerprint density at radius 2 is 1.57 bits per heavy atom. The first-order valence-electron chi connectivity index (χ1n) is 9.63.